The van der Waals surface area contributed by atoms with Gasteiger partial charge in [-0.05, 0) is 33.2 Å². The van der Waals surface area contributed by atoms with Crippen molar-refractivity contribution in [3.8, 4) is 0 Å². The Morgan fingerprint density at radius 2 is 1.56 bits per heavy atom. The van der Waals surface area contributed by atoms with Crippen molar-refractivity contribution >= 4 is 10.0 Å². The van der Waals surface area contributed by atoms with E-state index in [2.05, 4.69) is 10.0 Å². The molecule has 0 heterocycles. The molecule has 4 nitrogen and oxygen atoms in total. The summed E-state index contributed by atoms with van der Waals surface area (Å²) in [6, 6.07) is 0. The van der Waals surface area contributed by atoms with Gasteiger partial charge in [-0.3, -0.25) is 0 Å². The zero-order chi connectivity index (χ0) is 12.8. The van der Waals surface area contributed by atoms with Crippen LogP contribution in [0.15, 0.2) is 0 Å². The van der Waals surface area contributed by atoms with Crippen molar-refractivity contribution in [2.75, 3.05) is 13.6 Å². The van der Waals surface area contributed by atoms with E-state index in [1.54, 1.807) is 14.0 Å². The molecule has 0 aliphatic rings. The van der Waals surface area contributed by atoms with Crippen LogP contribution in [0.2, 0.25) is 0 Å². The maximum Gasteiger partial charge on any atom is 0.215 e. The van der Waals surface area contributed by atoms with Crippen LogP contribution in [-0.2, 0) is 10.0 Å². The van der Waals surface area contributed by atoms with Crippen LogP contribution in [0.4, 0.5) is 0 Å². The molecule has 1 atom stereocenters. The van der Waals surface area contributed by atoms with Crippen molar-refractivity contribution in [2.24, 2.45) is 0 Å². The highest BCUT2D eigenvalue weighted by molar-refractivity contribution is 7.90. The Labute approximate surface area is 100 Å². The predicted molar refractivity (Wildman–Crippen MR) is 69.0 cm³/mol. The maximum absolute atomic E-state index is 12.1. The van der Waals surface area contributed by atoms with Crippen molar-refractivity contribution in [3.05, 3.63) is 0 Å². The molecular weight excluding hydrogens is 224 g/mol. The Bertz CT molecular complexity index is 276. The molecule has 0 radical (unpaired) electrons. The first-order valence-corrected chi connectivity index (χ1v) is 7.59. The Hall–Kier alpha value is -0.130. The first-order valence-electron chi connectivity index (χ1n) is 6.04. The fourth-order valence-corrected chi connectivity index (χ4v) is 3.39. The molecule has 0 bridgehead atoms. The summed E-state index contributed by atoms with van der Waals surface area (Å²) in [4.78, 5) is 0. The van der Waals surface area contributed by atoms with Gasteiger partial charge in [0, 0.05) is 12.1 Å². The van der Waals surface area contributed by atoms with Gasteiger partial charge in [-0.25, -0.2) is 13.1 Å². The second-order valence-electron chi connectivity index (χ2n) is 4.36. The van der Waals surface area contributed by atoms with Gasteiger partial charge in [0.05, 0.1) is 5.25 Å². The van der Waals surface area contributed by atoms with Crippen LogP contribution in [0.5, 0.6) is 0 Å². The van der Waals surface area contributed by atoms with Gasteiger partial charge in [-0.1, -0.05) is 20.8 Å². The van der Waals surface area contributed by atoms with Crippen molar-refractivity contribution < 1.29 is 8.42 Å². The lowest BCUT2D eigenvalue weighted by atomic mass is 9.91. The summed E-state index contributed by atoms with van der Waals surface area (Å²) in [7, 11) is -1.47. The van der Waals surface area contributed by atoms with E-state index in [1.807, 2.05) is 20.8 Å². The fourth-order valence-electron chi connectivity index (χ4n) is 1.77. The van der Waals surface area contributed by atoms with Crippen LogP contribution in [0.3, 0.4) is 0 Å². The molecule has 0 aromatic rings. The molecule has 0 aliphatic heterocycles. The van der Waals surface area contributed by atoms with E-state index in [9.17, 15) is 8.42 Å². The fraction of sp³-hybridized carbons (Fsp3) is 1.00. The molecule has 0 saturated carbocycles. The van der Waals surface area contributed by atoms with Crippen molar-refractivity contribution in [1.29, 1.82) is 0 Å². The van der Waals surface area contributed by atoms with Crippen LogP contribution >= 0.6 is 0 Å². The van der Waals surface area contributed by atoms with E-state index in [-0.39, 0.29) is 5.54 Å². The normalized spacial score (nSPS) is 15.1. The van der Waals surface area contributed by atoms with Gasteiger partial charge in [-0.2, -0.15) is 0 Å². The monoisotopic (exact) mass is 250 g/mol. The SMILES string of the molecule is CCC(CC)(CC)NS(=O)(=O)C(C)CNC. The third kappa shape index (κ3) is 4.03. The lowest BCUT2D eigenvalue weighted by Gasteiger charge is -2.32. The van der Waals surface area contributed by atoms with Gasteiger partial charge < -0.3 is 5.32 Å². The zero-order valence-electron chi connectivity index (χ0n) is 11.1. The Morgan fingerprint density at radius 1 is 1.12 bits per heavy atom. The minimum atomic E-state index is -3.23. The Balaban J connectivity index is 4.79. The van der Waals surface area contributed by atoms with Gasteiger partial charge in [0.1, 0.15) is 0 Å². The third-order valence-electron chi connectivity index (χ3n) is 3.41. The van der Waals surface area contributed by atoms with Crippen LogP contribution in [0, 0.1) is 0 Å². The summed E-state index contributed by atoms with van der Waals surface area (Å²) in [5.41, 5.74) is -0.277. The van der Waals surface area contributed by atoms with Crippen LogP contribution in [0.25, 0.3) is 0 Å². The number of rotatable bonds is 8. The van der Waals surface area contributed by atoms with Crippen LogP contribution in [0.1, 0.15) is 47.0 Å². The minimum Gasteiger partial charge on any atom is -0.318 e. The lowest BCUT2D eigenvalue weighted by molar-refractivity contribution is 0.340. The van der Waals surface area contributed by atoms with E-state index in [0.717, 1.165) is 19.3 Å². The molecule has 0 saturated heterocycles. The van der Waals surface area contributed by atoms with Gasteiger partial charge in [0.25, 0.3) is 0 Å². The Kier molecular flexibility index (Phi) is 6.51. The van der Waals surface area contributed by atoms with Crippen molar-refractivity contribution in [3.63, 3.8) is 0 Å². The molecule has 0 aliphatic carbocycles. The molecule has 0 aromatic carbocycles. The predicted octanol–water partition coefficient (Wildman–Crippen LogP) is 1.48. The number of sulfonamides is 1. The number of hydrogen-bond acceptors (Lipinski definition) is 3. The second-order valence-corrected chi connectivity index (χ2v) is 6.46. The van der Waals surface area contributed by atoms with E-state index in [4.69, 9.17) is 0 Å². The third-order valence-corrected chi connectivity index (χ3v) is 5.35. The Morgan fingerprint density at radius 3 is 1.88 bits per heavy atom. The molecule has 16 heavy (non-hydrogen) atoms. The van der Waals surface area contributed by atoms with Crippen molar-refractivity contribution in [1.82, 2.24) is 10.0 Å². The largest absolute Gasteiger partial charge is 0.318 e. The standard InChI is InChI=1S/C11H26N2O2S/c1-6-11(7-2,8-3)13-16(14,15)10(4)9-12-5/h10,12-13H,6-9H2,1-5H3. The quantitative estimate of drug-likeness (QED) is 0.686. The molecule has 0 fully saturated rings. The summed E-state index contributed by atoms with van der Waals surface area (Å²) in [6.07, 6.45) is 2.47. The van der Waals surface area contributed by atoms with E-state index in [1.165, 1.54) is 0 Å². The number of hydrogen-bond donors (Lipinski definition) is 2. The topological polar surface area (TPSA) is 58.2 Å². The molecule has 0 aromatic heterocycles. The lowest BCUT2D eigenvalue weighted by Crippen LogP contribution is -2.51. The summed E-state index contributed by atoms with van der Waals surface area (Å²) in [5, 5.41) is 2.49. The summed E-state index contributed by atoms with van der Waals surface area (Å²) >= 11 is 0. The molecule has 1 unspecified atom stereocenters. The summed E-state index contributed by atoms with van der Waals surface area (Å²) in [6.45, 7) is 8.28. The van der Waals surface area contributed by atoms with Gasteiger partial charge in [0.15, 0.2) is 0 Å². The van der Waals surface area contributed by atoms with Gasteiger partial charge in [0.2, 0.25) is 10.0 Å². The first kappa shape index (κ1) is 15.9. The maximum atomic E-state index is 12.1. The highest BCUT2D eigenvalue weighted by Crippen LogP contribution is 2.21. The molecule has 0 spiro atoms. The highest BCUT2D eigenvalue weighted by Gasteiger charge is 2.32. The minimum absolute atomic E-state index is 0.277. The highest BCUT2D eigenvalue weighted by atomic mass is 32.2. The second kappa shape index (κ2) is 6.57. The average Bonchev–Trinajstić information content (AvgIpc) is 2.26. The smallest absolute Gasteiger partial charge is 0.215 e. The zero-order valence-corrected chi connectivity index (χ0v) is 11.9. The van der Waals surface area contributed by atoms with Crippen LogP contribution in [-0.4, -0.2) is 32.8 Å². The van der Waals surface area contributed by atoms with E-state index < -0.39 is 15.3 Å². The molecule has 98 valence electrons. The number of nitrogens with one attached hydrogen (secondary N) is 2. The summed E-state index contributed by atoms with van der Waals surface area (Å²) < 4.78 is 27.0. The molecular formula is C11H26N2O2S. The first-order chi connectivity index (χ1) is 7.37. The average molecular weight is 250 g/mol. The molecule has 0 rings (SSSR count). The summed E-state index contributed by atoms with van der Waals surface area (Å²) in [5.74, 6) is 0. The molecule has 0 amide bonds. The van der Waals surface area contributed by atoms with Crippen molar-refractivity contribution in [2.45, 2.75) is 57.7 Å². The van der Waals surface area contributed by atoms with Gasteiger partial charge >= 0.3 is 0 Å². The van der Waals surface area contributed by atoms with E-state index in [0.29, 0.717) is 6.54 Å². The van der Waals surface area contributed by atoms with Crippen LogP contribution < -0.4 is 10.0 Å². The molecule has 5 heteroatoms. The molecule has 2 N–H and O–H groups in total. The van der Waals surface area contributed by atoms with E-state index >= 15 is 0 Å². The van der Waals surface area contributed by atoms with Gasteiger partial charge in [-0.15, -0.1) is 0 Å².